The summed E-state index contributed by atoms with van der Waals surface area (Å²) in [5.74, 6) is -2.68. The molecule has 1 fully saturated rings. The molecule has 26 heavy (non-hydrogen) atoms. The summed E-state index contributed by atoms with van der Waals surface area (Å²) in [5, 5.41) is 3.82. The second-order valence-corrected chi connectivity index (χ2v) is 5.86. The predicted octanol–water partition coefficient (Wildman–Crippen LogP) is 0.742. The maximum atomic E-state index is 12.9. The Hall–Kier alpha value is -2.36. The molecule has 2 amide bonds. The van der Waals surface area contributed by atoms with Crippen LogP contribution in [0.2, 0.25) is 0 Å². The SMILES string of the molecule is O=C(NCCN1CCN(c2ccc(F)cc2)CC1)C(=O)NCC(F)(F)F. The summed E-state index contributed by atoms with van der Waals surface area (Å²) in [4.78, 5) is 26.8. The molecule has 1 aromatic rings. The van der Waals surface area contributed by atoms with Crippen LogP contribution in [0.3, 0.4) is 0 Å². The van der Waals surface area contributed by atoms with Crippen molar-refractivity contribution < 1.29 is 27.2 Å². The van der Waals surface area contributed by atoms with Crippen LogP contribution in [-0.2, 0) is 9.59 Å². The topological polar surface area (TPSA) is 64.7 Å². The molecule has 0 atom stereocenters. The van der Waals surface area contributed by atoms with Crippen molar-refractivity contribution >= 4 is 17.5 Å². The highest BCUT2D eigenvalue weighted by molar-refractivity contribution is 6.35. The third-order valence-electron chi connectivity index (χ3n) is 3.93. The molecule has 0 saturated carbocycles. The molecule has 0 bridgehead atoms. The van der Waals surface area contributed by atoms with E-state index in [1.54, 1.807) is 12.1 Å². The summed E-state index contributed by atoms with van der Waals surface area (Å²) >= 11 is 0. The highest BCUT2D eigenvalue weighted by atomic mass is 19.4. The van der Waals surface area contributed by atoms with Crippen molar-refractivity contribution in [3.8, 4) is 0 Å². The van der Waals surface area contributed by atoms with Gasteiger partial charge in [-0.2, -0.15) is 13.2 Å². The molecule has 1 aliphatic rings. The highest BCUT2D eigenvalue weighted by Gasteiger charge is 2.29. The average molecular weight is 376 g/mol. The second kappa shape index (κ2) is 8.84. The number of benzene rings is 1. The Morgan fingerprint density at radius 3 is 2.12 bits per heavy atom. The lowest BCUT2D eigenvalue weighted by Crippen LogP contribution is -2.49. The monoisotopic (exact) mass is 376 g/mol. The minimum atomic E-state index is -4.56. The molecule has 1 saturated heterocycles. The first-order chi connectivity index (χ1) is 12.2. The van der Waals surface area contributed by atoms with Crippen molar-refractivity contribution in [3.05, 3.63) is 30.1 Å². The van der Waals surface area contributed by atoms with Crippen LogP contribution >= 0.6 is 0 Å². The summed E-state index contributed by atoms with van der Waals surface area (Å²) < 4.78 is 48.9. The number of hydrogen-bond donors (Lipinski definition) is 2. The number of piperazine rings is 1. The fourth-order valence-corrected chi connectivity index (χ4v) is 2.55. The van der Waals surface area contributed by atoms with E-state index in [1.807, 2.05) is 0 Å². The van der Waals surface area contributed by atoms with Crippen molar-refractivity contribution in [2.75, 3.05) is 50.7 Å². The Bertz CT molecular complexity index is 614. The van der Waals surface area contributed by atoms with Crippen LogP contribution in [0.5, 0.6) is 0 Å². The Morgan fingerprint density at radius 2 is 1.54 bits per heavy atom. The Morgan fingerprint density at radius 1 is 0.962 bits per heavy atom. The van der Waals surface area contributed by atoms with Crippen LogP contribution in [0, 0.1) is 5.82 Å². The fraction of sp³-hybridized carbons (Fsp3) is 0.500. The summed E-state index contributed by atoms with van der Waals surface area (Å²) in [6.07, 6.45) is -4.56. The van der Waals surface area contributed by atoms with Gasteiger partial charge in [-0.05, 0) is 24.3 Å². The molecule has 1 aromatic carbocycles. The molecule has 2 N–H and O–H groups in total. The number of hydrogen-bond acceptors (Lipinski definition) is 4. The van der Waals surface area contributed by atoms with Gasteiger partial charge >= 0.3 is 18.0 Å². The Kier molecular flexibility index (Phi) is 6.78. The van der Waals surface area contributed by atoms with E-state index in [1.165, 1.54) is 17.4 Å². The minimum absolute atomic E-state index is 0.162. The molecular weight excluding hydrogens is 356 g/mol. The van der Waals surface area contributed by atoms with Gasteiger partial charge in [0.1, 0.15) is 12.4 Å². The third-order valence-corrected chi connectivity index (χ3v) is 3.93. The lowest BCUT2D eigenvalue weighted by atomic mass is 10.2. The molecule has 0 aliphatic carbocycles. The predicted molar refractivity (Wildman–Crippen MR) is 87.1 cm³/mol. The van der Waals surface area contributed by atoms with Gasteiger partial charge in [-0.25, -0.2) is 4.39 Å². The molecule has 6 nitrogen and oxygen atoms in total. The summed E-state index contributed by atoms with van der Waals surface area (Å²) in [6.45, 7) is 1.99. The van der Waals surface area contributed by atoms with E-state index in [0.29, 0.717) is 19.6 Å². The van der Waals surface area contributed by atoms with E-state index in [2.05, 4.69) is 15.1 Å². The van der Waals surface area contributed by atoms with Crippen LogP contribution in [0.1, 0.15) is 0 Å². The van der Waals surface area contributed by atoms with Crippen LogP contribution in [-0.4, -0.2) is 68.7 Å². The number of halogens is 4. The zero-order valence-electron chi connectivity index (χ0n) is 14.0. The van der Waals surface area contributed by atoms with Crippen molar-refractivity contribution in [1.82, 2.24) is 15.5 Å². The van der Waals surface area contributed by atoms with E-state index >= 15 is 0 Å². The third kappa shape index (κ3) is 6.51. The van der Waals surface area contributed by atoms with Gasteiger partial charge < -0.3 is 15.5 Å². The van der Waals surface area contributed by atoms with Crippen LogP contribution in [0.15, 0.2) is 24.3 Å². The molecule has 10 heteroatoms. The largest absolute Gasteiger partial charge is 0.405 e. The number of amides is 2. The number of carbonyl (C=O) groups is 2. The molecule has 0 aromatic heterocycles. The lowest BCUT2D eigenvalue weighted by Gasteiger charge is -2.36. The first-order valence-electron chi connectivity index (χ1n) is 8.10. The van der Waals surface area contributed by atoms with Gasteiger partial charge in [0.15, 0.2) is 0 Å². The van der Waals surface area contributed by atoms with Gasteiger partial charge in [-0.1, -0.05) is 0 Å². The van der Waals surface area contributed by atoms with Gasteiger partial charge in [0.2, 0.25) is 0 Å². The maximum absolute atomic E-state index is 12.9. The molecular formula is C16H20F4N4O2. The van der Waals surface area contributed by atoms with Crippen molar-refractivity contribution in [3.63, 3.8) is 0 Å². The van der Waals surface area contributed by atoms with E-state index in [-0.39, 0.29) is 12.4 Å². The molecule has 1 heterocycles. The summed E-state index contributed by atoms with van der Waals surface area (Å²) in [5.41, 5.74) is 0.931. The van der Waals surface area contributed by atoms with Gasteiger partial charge in [-0.15, -0.1) is 0 Å². The number of anilines is 1. The van der Waals surface area contributed by atoms with E-state index in [4.69, 9.17) is 0 Å². The number of nitrogens with one attached hydrogen (secondary N) is 2. The number of carbonyl (C=O) groups excluding carboxylic acids is 2. The smallest absolute Gasteiger partial charge is 0.369 e. The normalized spacial score (nSPS) is 15.6. The summed E-state index contributed by atoms with van der Waals surface area (Å²) in [6, 6.07) is 6.23. The van der Waals surface area contributed by atoms with Crippen LogP contribution in [0.4, 0.5) is 23.2 Å². The number of alkyl halides is 3. The van der Waals surface area contributed by atoms with Gasteiger partial charge in [-0.3, -0.25) is 14.5 Å². The Labute approximate surface area is 148 Å². The first-order valence-corrected chi connectivity index (χ1v) is 8.10. The maximum Gasteiger partial charge on any atom is 0.405 e. The molecule has 1 aliphatic heterocycles. The zero-order chi connectivity index (χ0) is 19.2. The second-order valence-electron chi connectivity index (χ2n) is 5.86. The van der Waals surface area contributed by atoms with Crippen LogP contribution < -0.4 is 15.5 Å². The average Bonchev–Trinajstić information content (AvgIpc) is 2.60. The van der Waals surface area contributed by atoms with Crippen molar-refractivity contribution in [2.45, 2.75) is 6.18 Å². The molecule has 0 unspecified atom stereocenters. The lowest BCUT2D eigenvalue weighted by molar-refractivity contribution is -0.146. The molecule has 0 radical (unpaired) electrons. The Balaban J connectivity index is 1.64. The van der Waals surface area contributed by atoms with E-state index < -0.39 is 24.5 Å². The highest BCUT2D eigenvalue weighted by Crippen LogP contribution is 2.16. The quantitative estimate of drug-likeness (QED) is 0.588. The standard InChI is InChI=1S/C16H20F4N4O2/c17-12-1-3-13(4-2-12)24-9-7-23(8-10-24)6-5-21-14(25)15(26)22-11-16(18,19)20/h1-4H,5-11H2,(H,21,25)(H,22,26). The van der Waals surface area contributed by atoms with Crippen LogP contribution in [0.25, 0.3) is 0 Å². The minimum Gasteiger partial charge on any atom is -0.369 e. The molecule has 0 spiro atoms. The van der Waals surface area contributed by atoms with Crippen molar-refractivity contribution in [2.24, 2.45) is 0 Å². The zero-order valence-corrected chi connectivity index (χ0v) is 14.0. The molecule has 144 valence electrons. The molecule has 2 rings (SSSR count). The van der Waals surface area contributed by atoms with E-state index in [9.17, 15) is 27.2 Å². The van der Waals surface area contributed by atoms with Crippen molar-refractivity contribution in [1.29, 1.82) is 0 Å². The summed E-state index contributed by atoms with van der Waals surface area (Å²) in [7, 11) is 0. The van der Waals surface area contributed by atoms with E-state index in [0.717, 1.165) is 18.8 Å². The first kappa shape index (κ1) is 20.0. The van der Waals surface area contributed by atoms with Gasteiger partial charge in [0, 0.05) is 45.0 Å². The van der Waals surface area contributed by atoms with Gasteiger partial charge in [0.05, 0.1) is 0 Å². The number of nitrogens with zero attached hydrogens (tertiary/aromatic N) is 2. The fourth-order valence-electron chi connectivity index (χ4n) is 2.55. The van der Waals surface area contributed by atoms with Gasteiger partial charge in [0.25, 0.3) is 0 Å². The number of rotatable bonds is 5.